The molecule has 0 bridgehead atoms. The van der Waals surface area contributed by atoms with E-state index in [2.05, 4.69) is 32.1 Å². The highest BCUT2D eigenvalue weighted by molar-refractivity contribution is 7.99. The van der Waals surface area contributed by atoms with E-state index in [0.29, 0.717) is 42.2 Å². The van der Waals surface area contributed by atoms with Crippen LogP contribution in [-0.4, -0.2) is 66.1 Å². The van der Waals surface area contributed by atoms with Crippen LogP contribution in [0.2, 0.25) is 0 Å². The van der Waals surface area contributed by atoms with Crippen molar-refractivity contribution in [2.75, 3.05) is 55.5 Å². The Kier molecular flexibility index (Phi) is 4.85. The van der Waals surface area contributed by atoms with Crippen LogP contribution in [0.1, 0.15) is 26.2 Å². The number of nitrogen functional groups attached to an aromatic ring is 1. The molecule has 0 aliphatic carbocycles. The van der Waals surface area contributed by atoms with Crippen LogP contribution in [0, 0.1) is 5.41 Å². The van der Waals surface area contributed by atoms with Gasteiger partial charge in [0.25, 0.3) is 0 Å². The number of ether oxygens (including phenoxy) is 3. The molecule has 0 amide bonds. The van der Waals surface area contributed by atoms with Crippen molar-refractivity contribution in [3.05, 3.63) is 18.5 Å². The second-order valence-electron chi connectivity index (χ2n) is 9.51. The standard InChI is InChI=1S/C22H28N6O3S/c1-14-8-21(10-30-14)3-6-28(7-4-21)16-9-25-20(18(23)26-16)32-15-2-5-24-19-17(15)31-13-22(27-19)11-29-12-22/h2,5,9,14H,3-4,6-8,10-13H2,1H3,(H2,23,26)(H,24,27)/t14-/m0/s1. The van der Waals surface area contributed by atoms with Gasteiger partial charge in [-0.1, -0.05) is 11.8 Å². The number of hydrogen-bond acceptors (Lipinski definition) is 10. The average molecular weight is 457 g/mol. The number of aromatic nitrogens is 3. The van der Waals surface area contributed by atoms with E-state index in [0.717, 1.165) is 61.2 Å². The zero-order valence-corrected chi connectivity index (χ0v) is 19.0. The minimum Gasteiger partial charge on any atom is -0.486 e. The van der Waals surface area contributed by atoms with Gasteiger partial charge in [-0.25, -0.2) is 15.0 Å². The third-order valence-electron chi connectivity index (χ3n) is 7.00. The van der Waals surface area contributed by atoms with Gasteiger partial charge in [0.05, 0.1) is 37.0 Å². The number of rotatable bonds is 3. The van der Waals surface area contributed by atoms with Gasteiger partial charge >= 0.3 is 0 Å². The lowest BCUT2D eigenvalue weighted by Gasteiger charge is -2.45. The van der Waals surface area contributed by atoms with E-state index in [1.807, 2.05) is 12.3 Å². The largest absolute Gasteiger partial charge is 0.486 e. The first-order valence-corrected chi connectivity index (χ1v) is 12.0. The Morgan fingerprint density at radius 3 is 2.72 bits per heavy atom. The molecule has 3 N–H and O–H groups in total. The minimum atomic E-state index is -0.153. The molecule has 3 fully saturated rings. The molecule has 6 rings (SSSR count). The van der Waals surface area contributed by atoms with Crippen molar-refractivity contribution in [1.82, 2.24) is 15.0 Å². The van der Waals surface area contributed by atoms with Gasteiger partial charge in [-0.2, -0.15) is 0 Å². The normalized spacial score (nSPS) is 25.2. The summed E-state index contributed by atoms with van der Waals surface area (Å²) in [6, 6.07) is 1.92. The second kappa shape index (κ2) is 7.64. The van der Waals surface area contributed by atoms with E-state index in [9.17, 15) is 0 Å². The summed E-state index contributed by atoms with van der Waals surface area (Å²) in [4.78, 5) is 17.0. The van der Waals surface area contributed by atoms with Crippen LogP contribution in [0.3, 0.4) is 0 Å². The molecule has 4 aliphatic heterocycles. The van der Waals surface area contributed by atoms with E-state index in [1.165, 1.54) is 11.8 Å². The molecule has 2 aromatic heterocycles. The average Bonchev–Trinajstić information content (AvgIpc) is 3.14. The van der Waals surface area contributed by atoms with Crippen molar-refractivity contribution in [2.45, 2.75) is 47.8 Å². The Bertz CT molecular complexity index is 1020. The maximum atomic E-state index is 6.33. The second-order valence-corrected chi connectivity index (χ2v) is 10.5. The van der Waals surface area contributed by atoms with Crippen LogP contribution in [0.25, 0.3) is 0 Å². The van der Waals surface area contributed by atoms with Gasteiger partial charge < -0.3 is 30.2 Å². The Morgan fingerprint density at radius 1 is 1.19 bits per heavy atom. The highest BCUT2D eigenvalue weighted by Gasteiger charge is 2.44. The summed E-state index contributed by atoms with van der Waals surface area (Å²) >= 11 is 1.46. The topological polar surface area (TPSA) is 108 Å². The third kappa shape index (κ3) is 3.54. The van der Waals surface area contributed by atoms with Crippen molar-refractivity contribution in [3.63, 3.8) is 0 Å². The van der Waals surface area contributed by atoms with Crippen molar-refractivity contribution in [2.24, 2.45) is 5.41 Å². The summed E-state index contributed by atoms with van der Waals surface area (Å²) in [6.07, 6.45) is 7.37. The van der Waals surface area contributed by atoms with Crippen LogP contribution in [-0.2, 0) is 9.47 Å². The number of nitrogens with one attached hydrogen (secondary N) is 1. The number of hydrogen-bond donors (Lipinski definition) is 2. The van der Waals surface area contributed by atoms with Crippen LogP contribution in [0.4, 0.5) is 17.5 Å². The number of piperidine rings is 1. The Labute approximate surface area is 191 Å². The zero-order chi connectivity index (χ0) is 21.8. The van der Waals surface area contributed by atoms with Gasteiger partial charge in [0.2, 0.25) is 0 Å². The Morgan fingerprint density at radius 2 is 2.03 bits per heavy atom. The predicted molar refractivity (Wildman–Crippen MR) is 121 cm³/mol. The van der Waals surface area contributed by atoms with E-state index < -0.39 is 0 Å². The van der Waals surface area contributed by atoms with E-state index in [1.54, 1.807) is 6.20 Å². The smallest absolute Gasteiger partial charge is 0.175 e. The molecule has 0 unspecified atom stereocenters. The van der Waals surface area contributed by atoms with Gasteiger partial charge in [0.1, 0.15) is 23.0 Å². The van der Waals surface area contributed by atoms with Gasteiger partial charge in [-0.05, 0) is 37.7 Å². The summed E-state index contributed by atoms with van der Waals surface area (Å²) in [6.45, 7) is 6.79. The summed E-state index contributed by atoms with van der Waals surface area (Å²) < 4.78 is 17.3. The van der Waals surface area contributed by atoms with Crippen LogP contribution in [0.5, 0.6) is 5.75 Å². The Hall–Kier alpha value is -2.30. The highest BCUT2D eigenvalue weighted by Crippen LogP contribution is 2.45. The minimum absolute atomic E-state index is 0.153. The summed E-state index contributed by atoms with van der Waals surface area (Å²) in [7, 11) is 0. The summed E-state index contributed by atoms with van der Waals surface area (Å²) in [5.74, 6) is 2.74. The molecule has 170 valence electrons. The number of pyridine rings is 1. The van der Waals surface area contributed by atoms with E-state index in [4.69, 9.17) is 19.9 Å². The first-order valence-electron chi connectivity index (χ1n) is 11.2. The molecule has 2 aromatic rings. The lowest BCUT2D eigenvalue weighted by molar-refractivity contribution is -0.0652. The number of fused-ring (bicyclic) bond motifs is 1. The maximum Gasteiger partial charge on any atom is 0.175 e. The third-order valence-corrected chi connectivity index (χ3v) is 8.05. The molecule has 4 aliphatic rings. The zero-order valence-electron chi connectivity index (χ0n) is 18.2. The Balaban J connectivity index is 1.16. The molecule has 3 saturated heterocycles. The lowest BCUT2D eigenvalue weighted by atomic mass is 9.77. The van der Waals surface area contributed by atoms with Crippen molar-refractivity contribution >= 4 is 29.2 Å². The van der Waals surface area contributed by atoms with Crippen molar-refractivity contribution < 1.29 is 14.2 Å². The molecular weight excluding hydrogens is 428 g/mol. The van der Waals surface area contributed by atoms with Gasteiger partial charge in [0, 0.05) is 19.3 Å². The first-order chi connectivity index (χ1) is 15.5. The molecule has 1 atom stereocenters. The summed E-state index contributed by atoms with van der Waals surface area (Å²) in [5.41, 5.74) is 6.51. The summed E-state index contributed by atoms with van der Waals surface area (Å²) in [5, 5.41) is 4.14. The SMILES string of the molecule is C[C@H]1CC2(CCN(c3cnc(Sc4ccnc5c4OCC4(COC4)N5)c(N)n3)CC2)CO1. The van der Waals surface area contributed by atoms with Crippen molar-refractivity contribution in [3.8, 4) is 5.75 Å². The molecule has 6 heterocycles. The molecule has 0 aromatic carbocycles. The fourth-order valence-electron chi connectivity index (χ4n) is 5.06. The van der Waals surface area contributed by atoms with Gasteiger partial charge in [0.15, 0.2) is 17.4 Å². The van der Waals surface area contributed by atoms with Gasteiger partial charge in [-0.15, -0.1) is 0 Å². The van der Waals surface area contributed by atoms with Crippen LogP contribution < -0.4 is 20.7 Å². The molecule has 10 heteroatoms. The fourth-order valence-corrected chi connectivity index (χ4v) is 5.91. The lowest BCUT2D eigenvalue weighted by Crippen LogP contribution is -2.61. The van der Waals surface area contributed by atoms with Crippen LogP contribution in [0.15, 0.2) is 28.4 Å². The number of anilines is 3. The highest BCUT2D eigenvalue weighted by atomic mass is 32.2. The number of nitrogens with two attached hydrogens (primary N) is 1. The van der Waals surface area contributed by atoms with Gasteiger partial charge in [-0.3, -0.25) is 0 Å². The molecular formula is C22H28N6O3S. The predicted octanol–water partition coefficient (Wildman–Crippen LogP) is 2.57. The first kappa shape index (κ1) is 20.3. The molecule has 32 heavy (non-hydrogen) atoms. The monoisotopic (exact) mass is 456 g/mol. The van der Waals surface area contributed by atoms with Crippen molar-refractivity contribution in [1.29, 1.82) is 0 Å². The maximum absolute atomic E-state index is 6.33. The van der Waals surface area contributed by atoms with E-state index >= 15 is 0 Å². The molecule has 0 radical (unpaired) electrons. The molecule has 0 saturated carbocycles. The molecule has 2 spiro atoms. The van der Waals surface area contributed by atoms with E-state index in [-0.39, 0.29) is 5.54 Å². The fraction of sp³-hybridized carbons (Fsp3) is 0.591. The number of nitrogens with zero attached hydrogens (tertiary/aromatic N) is 4. The van der Waals surface area contributed by atoms with Crippen LogP contribution >= 0.6 is 11.8 Å². The quantitative estimate of drug-likeness (QED) is 0.715. The molecule has 9 nitrogen and oxygen atoms in total.